The van der Waals surface area contributed by atoms with Gasteiger partial charge in [0.2, 0.25) is 0 Å². The van der Waals surface area contributed by atoms with Crippen LogP contribution in [0.4, 0.5) is 5.82 Å². The molecule has 0 spiro atoms. The fourth-order valence-electron chi connectivity index (χ4n) is 5.31. The van der Waals surface area contributed by atoms with Crippen molar-refractivity contribution in [3.63, 3.8) is 0 Å². The predicted octanol–water partition coefficient (Wildman–Crippen LogP) is -2.42. The van der Waals surface area contributed by atoms with Gasteiger partial charge in [-0.3, -0.25) is 9.13 Å². The summed E-state index contributed by atoms with van der Waals surface area (Å²) in [7, 11) is -5.21. The molecule has 13 nitrogen and oxygen atoms in total. The zero-order chi connectivity index (χ0) is 30.4. The van der Waals surface area contributed by atoms with Crippen molar-refractivity contribution in [3.05, 3.63) is 12.7 Å². The number of aliphatic hydroxyl groups excluding tert-OH is 2. The van der Waals surface area contributed by atoms with Crippen LogP contribution in [0.1, 0.15) is 116 Å². The molecule has 238 valence electrons. The largest absolute Gasteiger partial charge is 1.00 e. The second-order valence-electron chi connectivity index (χ2n) is 11.0. The second-order valence-corrected chi connectivity index (χ2v) is 12.2. The molecule has 1 fully saturated rings. The zero-order valence-electron chi connectivity index (χ0n) is 26.6. The molecule has 0 amide bonds. The van der Waals surface area contributed by atoms with E-state index in [2.05, 4.69) is 31.4 Å². The summed E-state index contributed by atoms with van der Waals surface area (Å²) in [5.74, 6) is -0.248. The van der Waals surface area contributed by atoms with Crippen LogP contribution in [-0.2, 0) is 13.8 Å². The number of hydrogen-bond donors (Lipinski definition) is 3. The topological polar surface area (TPSA) is 198 Å². The van der Waals surface area contributed by atoms with Gasteiger partial charge < -0.3 is 34.4 Å². The summed E-state index contributed by atoms with van der Waals surface area (Å²) in [6.07, 6.45) is 15.8. The predicted molar refractivity (Wildman–Crippen MR) is 154 cm³/mol. The van der Waals surface area contributed by atoms with E-state index in [0.29, 0.717) is 6.42 Å². The Balaban J connectivity index is 0.00000484. The van der Waals surface area contributed by atoms with Crippen LogP contribution in [-0.4, -0.2) is 65.4 Å². The summed E-state index contributed by atoms with van der Waals surface area (Å²) in [5, 5.41) is 32.7. The van der Waals surface area contributed by atoms with E-state index >= 15 is 0 Å². The monoisotopic (exact) mass is 657 g/mol. The van der Waals surface area contributed by atoms with Crippen LogP contribution in [0.3, 0.4) is 0 Å². The van der Waals surface area contributed by atoms with Gasteiger partial charge in [0.25, 0.3) is 7.82 Å². The molecule has 1 aliphatic heterocycles. The fraction of sp³-hybridized carbons (Fsp3) is 0.786. The van der Waals surface area contributed by atoms with Gasteiger partial charge in [-0.15, -0.1) is 0 Å². The van der Waals surface area contributed by atoms with Crippen molar-refractivity contribution in [1.82, 2.24) is 19.5 Å². The quantitative estimate of drug-likeness (QED) is 0.0425. The van der Waals surface area contributed by atoms with Crippen molar-refractivity contribution in [2.24, 2.45) is 4.99 Å². The Morgan fingerprint density at radius 3 is 2.05 bits per heavy atom. The molecule has 1 aliphatic rings. The van der Waals surface area contributed by atoms with Crippen molar-refractivity contribution in [2.75, 3.05) is 6.61 Å². The van der Waals surface area contributed by atoms with Gasteiger partial charge in [0.05, 0.1) is 12.9 Å². The molecule has 3 heterocycles. The first-order chi connectivity index (χ1) is 20.2. The molecule has 44 heavy (non-hydrogen) atoms. The Morgan fingerprint density at radius 2 is 1.52 bits per heavy atom. The Morgan fingerprint density at radius 1 is 0.977 bits per heavy atom. The van der Waals surface area contributed by atoms with E-state index in [-0.39, 0.29) is 82.0 Å². The van der Waals surface area contributed by atoms with E-state index in [0.717, 1.165) is 19.3 Å². The minimum Gasteiger partial charge on any atom is -0.862 e. The van der Waals surface area contributed by atoms with E-state index < -0.39 is 39.0 Å². The van der Waals surface area contributed by atoms with Crippen LogP contribution in [0, 0.1) is 0 Å². The molecule has 0 radical (unpaired) electrons. The van der Waals surface area contributed by atoms with Crippen LogP contribution >= 0.6 is 7.82 Å². The molecule has 1 unspecified atom stereocenters. The first-order valence-electron chi connectivity index (χ1n) is 15.3. The van der Waals surface area contributed by atoms with E-state index in [1.165, 1.54) is 94.3 Å². The van der Waals surface area contributed by atoms with Gasteiger partial charge in [-0.25, -0.2) is 19.9 Å². The summed E-state index contributed by atoms with van der Waals surface area (Å²) in [6, 6.07) is 0. The van der Waals surface area contributed by atoms with Gasteiger partial charge >= 0.3 is 59.1 Å². The smallest absolute Gasteiger partial charge is 0.862 e. The Bertz CT molecular complexity index is 1150. The molecule has 5 atom stereocenters. The van der Waals surface area contributed by atoms with E-state index in [4.69, 9.17) is 9.63 Å². The summed E-state index contributed by atoms with van der Waals surface area (Å²) in [6.45, 7) is 1.58. The number of aliphatic hydroxyl groups is 2. The molecule has 3 rings (SSSR count). The zero-order valence-corrected chi connectivity index (χ0v) is 31.4. The first-order valence-corrected chi connectivity index (χ1v) is 16.8. The number of hydrogen-bond acceptors (Lipinski definition) is 11. The van der Waals surface area contributed by atoms with E-state index in [1.807, 2.05) is 0 Å². The molecule has 2 aromatic rings. The summed E-state index contributed by atoms with van der Waals surface area (Å²) < 4.78 is 22.6. The first kappa shape index (κ1) is 42.0. The maximum atomic E-state index is 12.5. The number of nitrogens with zero attached hydrogens (tertiary/aromatic N) is 5. The number of rotatable bonds is 21. The number of phosphoric acid groups is 1. The number of aromatic nitrogens is 4. The minimum atomic E-state index is -5.21. The average Bonchev–Trinajstić information content (AvgIpc) is 3.51. The third-order valence-electron chi connectivity index (χ3n) is 7.58. The number of aliphatic imine (C=N–C) groups is 1. The van der Waals surface area contributed by atoms with Crippen LogP contribution in [0.5, 0.6) is 0 Å². The number of imidazole rings is 1. The summed E-state index contributed by atoms with van der Waals surface area (Å²) in [4.78, 5) is 36.8. The molecule has 2 aromatic heterocycles. The molecule has 0 saturated carbocycles. The summed E-state index contributed by atoms with van der Waals surface area (Å²) >= 11 is 0. The normalized spacial score (nSPS) is 21.6. The summed E-state index contributed by atoms with van der Waals surface area (Å²) in [5.41, 5.74) is 0.374. The third kappa shape index (κ3) is 14.0. The van der Waals surface area contributed by atoms with Crippen molar-refractivity contribution in [1.29, 1.82) is 0 Å². The molecule has 3 N–H and O–H groups in total. The molecule has 0 aromatic carbocycles. The maximum absolute atomic E-state index is 12.5. The molecule has 1 saturated heterocycles. The number of fused-ring (bicyclic) bond motifs is 1. The average molecular weight is 658 g/mol. The molecule has 0 aliphatic carbocycles. The number of phosphoric ester groups is 1. The van der Waals surface area contributed by atoms with Gasteiger partial charge in [-0.2, -0.15) is 0 Å². The van der Waals surface area contributed by atoms with Crippen LogP contribution in [0.25, 0.3) is 11.2 Å². The van der Waals surface area contributed by atoms with Crippen LogP contribution in [0.2, 0.25) is 0 Å². The Labute approximate surface area is 304 Å². The SMILES string of the molecule is CCCCCCCCCCCCCCCCCC([O-])=Nc1ncnc2c1ncn2[C@@H]1O[C@H](CO)[C@@H](OP(=O)([O-])O)[C@H]1O.[Na+].[Na+]. The van der Waals surface area contributed by atoms with Crippen molar-refractivity contribution in [2.45, 2.75) is 134 Å². The van der Waals surface area contributed by atoms with E-state index in [1.54, 1.807) is 0 Å². The molecule has 0 bridgehead atoms. The van der Waals surface area contributed by atoms with Crippen molar-refractivity contribution < 1.29 is 98.0 Å². The molecular formula is C28H46N5Na2O8P. The minimum absolute atomic E-state index is 0. The van der Waals surface area contributed by atoms with Crippen LogP contribution < -0.4 is 69.1 Å². The fourth-order valence-corrected chi connectivity index (χ4v) is 5.88. The van der Waals surface area contributed by atoms with Gasteiger partial charge in [-0.05, 0) is 18.7 Å². The number of ether oxygens (including phenoxy) is 1. The van der Waals surface area contributed by atoms with Crippen molar-refractivity contribution >= 4 is 30.7 Å². The Kier molecular flexibility index (Phi) is 21.5. The second kappa shape index (κ2) is 22.6. The van der Waals surface area contributed by atoms with Gasteiger partial charge in [-0.1, -0.05) is 96.8 Å². The van der Waals surface area contributed by atoms with Gasteiger partial charge in [0.15, 0.2) is 23.2 Å². The standard InChI is InChI=1S/C28H48N5O8P.2Na/c1-2-3-4-5-6-7-8-9-10-11-12-13-14-15-16-17-22(35)32-26-23-27(30-19-29-26)33(20-31-23)28-24(36)25(21(18-34)40-28)41-42(37,38)39;;/h19-21,24-25,28,34,36H,2-18H2,1H3,(H2,37,38,39)(H,29,30,32,35);;/q;2*+1/p-2/t21-,24-,25-,28-;;/m1../s1. The van der Waals surface area contributed by atoms with E-state index in [9.17, 15) is 24.8 Å². The maximum Gasteiger partial charge on any atom is 1.00 e. The van der Waals surface area contributed by atoms with Gasteiger partial charge in [0, 0.05) is 0 Å². The van der Waals surface area contributed by atoms with Gasteiger partial charge in [0.1, 0.15) is 24.6 Å². The van der Waals surface area contributed by atoms with Crippen molar-refractivity contribution in [3.8, 4) is 0 Å². The molecular weight excluding hydrogens is 611 g/mol. The molecule has 16 heteroatoms. The Hall–Kier alpha value is 0.01000. The number of unbranched alkanes of at least 4 members (excludes halogenated alkanes) is 14. The van der Waals surface area contributed by atoms with Crippen LogP contribution in [0.15, 0.2) is 17.6 Å². The third-order valence-corrected chi connectivity index (χ3v) is 8.09.